The second-order valence-electron chi connectivity index (χ2n) is 4.26. The SMILES string of the molecule is COC(=O)c1ccc(N(c2cncc(Br)c2)S(=O)O)c(OC)c1. The van der Waals surface area contributed by atoms with Crippen molar-refractivity contribution >= 4 is 44.5 Å². The van der Waals surface area contributed by atoms with E-state index in [-0.39, 0.29) is 11.3 Å². The van der Waals surface area contributed by atoms with E-state index >= 15 is 0 Å². The minimum absolute atomic E-state index is 0.246. The highest BCUT2D eigenvalue weighted by Crippen LogP contribution is 2.36. The molecule has 7 nitrogen and oxygen atoms in total. The fourth-order valence-corrected chi connectivity index (χ4v) is 2.87. The van der Waals surface area contributed by atoms with Crippen LogP contribution in [0.4, 0.5) is 11.4 Å². The molecule has 2 rings (SSSR count). The molecule has 122 valence electrons. The number of hydrogen-bond donors (Lipinski definition) is 1. The summed E-state index contributed by atoms with van der Waals surface area (Å²) in [5.74, 6) is -0.286. The number of carbonyl (C=O) groups is 1. The fraction of sp³-hybridized carbons (Fsp3) is 0.143. The molecule has 0 radical (unpaired) electrons. The van der Waals surface area contributed by atoms with Crippen LogP contribution in [-0.2, 0) is 16.0 Å². The third-order valence-electron chi connectivity index (χ3n) is 2.90. The minimum Gasteiger partial charge on any atom is -0.495 e. The lowest BCUT2D eigenvalue weighted by Gasteiger charge is -2.22. The molecule has 1 heterocycles. The molecule has 0 aliphatic carbocycles. The van der Waals surface area contributed by atoms with Crippen LogP contribution in [0.3, 0.4) is 0 Å². The molecule has 1 unspecified atom stereocenters. The molecular formula is C14H13BrN2O5S. The van der Waals surface area contributed by atoms with E-state index in [0.717, 1.165) is 4.31 Å². The van der Waals surface area contributed by atoms with Crippen LogP contribution in [0.1, 0.15) is 10.4 Å². The number of esters is 1. The van der Waals surface area contributed by atoms with Crippen molar-refractivity contribution in [1.29, 1.82) is 0 Å². The Morgan fingerprint density at radius 3 is 2.61 bits per heavy atom. The standard InChI is InChI=1S/C14H13BrN2O5S/c1-21-13-5-9(14(18)22-2)3-4-12(13)17(23(19)20)11-6-10(15)7-16-8-11/h3-8H,1-2H3,(H,19,20). The highest BCUT2D eigenvalue weighted by atomic mass is 79.9. The van der Waals surface area contributed by atoms with Crippen molar-refractivity contribution in [3.63, 3.8) is 0 Å². The molecule has 0 saturated carbocycles. The molecule has 0 amide bonds. The zero-order valence-corrected chi connectivity index (χ0v) is 14.6. The number of carbonyl (C=O) groups excluding carboxylic acids is 1. The number of nitrogens with zero attached hydrogens (tertiary/aromatic N) is 2. The van der Waals surface area contributed by atoms with Gasteiger partial charge in [0, 0.05) is 10.7 Å². The summed E-state index contributed by atoms with van der Waals surface area (Å²) in [6.45, 7) is 0. The van der Waals surface area contributed by atoms with Crippen molar-refractivity contribution in [2.45, 2.75) is 0 Å². The topological polar surface area (TPSA) is 89.0 Å². The molecule has 23 heavy (non-hydrogen) atoms. The Labute approximate surface area is 143 Å². The summed E-state index contributed by atoms with van der Waals surface area (Å²) >= 11 is 0.897. The van der Waals surface area contributed by atoms with Gasteiger partial charge in [-0.3, -0.25) is 9.54 Å². The molecule has 0 spiro atoms. The Morgan fingerprint density at radius 2 is 2.04 bits per heavy atom. The number of methoxy groups -OCH3 is 2. The Morgan fingerprint density at radius 1 is 1.30 bits per heavy atom. The minimum atomic E-state index is -2.37. The monoisotopic (exact) mass is 400 g/mol. The number of pyridine rings is 1. The van der Waals surface area contributed by atoms with Crippen molar-refractivity contribution in [3.8, 4) is 5.75 Å². The third kappa shape index (κ3) is 3.87. The maximum absolute atomic E-state index is 11.8. The van der Waals surface area contributed by atoms with E-state index in [2.05, 4.69) is 25.7 Å². The smallest absolute Gasteiger partial charge is 0.337 e. The molecule has 0 aliphatic rings. The molecule has 9 heteroatoms. The Balaban J connectivity index is 2.56. The van der Waals surface area contributed by atoms with E-state index in [9.17, 15) is 13.6 Å². The van der Waals surface area contributed by atoms with E-state index in [0.29, 0.717) is 15.8 Å². The molecule has 2 aromatic rings. The third-order valence-corrected chi connectivity index (χ3v) is 4.05. The summed E-state index contributed by atoms with van der Waals surface area (Å²) in [5.41, 5.74) is 0.953. The van der Waals surface area contributed by atoms with E-state index in [1.807, 2.05) is 0 Å². The van der Waals surface area contributed by atoms with E-state index < -0.39 is 17.2 Å². The van der Waals surface area contributed by atoms with Crippen molar-refractivity contribution in [2.24, 2.45) is 0 Å². The normalized spacial score (nSPS) is 11.7. The molecule has 0 bridgehead atoms. The van der Waals surface area contributed by atoms with Crippen LogP contribution in [-0.4, -0.2) is 33.9 Å². The zero-order chi connectivity index (χ0) is 17.0. The quantitative estimate of drug-likeness (QED) is 0.612. The Hall–Kier alpha value is -1.97. The Bertz CT molecular complexity index is 756. The highest BCUT2D eigenvalue weighted by molar-refractivity contribution is 9.10. The van der Waals surface area contributed by atoms with Crippen LogP contribution < -0.4 is 9.04 Å². The highest BCUT2D eigenvalue weighted by Gasteiger charge is 2.21. The van der Waals surface area contributed by atoms with E-state index in [1.165, 1.54) is 38.6 Å². The average Bonchev–Trinajstić information content (AvgIpc) is 2.54. The van der Waals surface area contributed by atoms with Crippen LogP contribution in [0.5, 0.6) is 5.75 Å². The van der Waals surface area contributed by atoms with Crippen molar-refractivity contribution in [3.05, 3.63) is 46.7 Å². The summed E-state index contributed by atoms with van der Waals surface area (Å²) in [7, 11) is 2.67. The molecule has 1 aromatic heterocycles. The molecule has 0 aliphatic heterocycles. The van der Waals surface area contributed by atoms with Gasteiger partial charge in [-0.1, -0.05) is 0 Å². The summed E-state index contributed by atoms with van der Waals surface area (Å²) < 4.78 is 33.1. The van der Waals surface area contributed by atoms with Crippen LogP contribution in [0, 0.1) is 0 Å². The number of aromatic nitrogens is 1. The van der Waals surface area contributed by atoms with Gasteiger partial charge in [0.2, 0.25) is 0 Å². The van der Waals surface area contributed by atoms with Gasteiger partial charge in [-0.25, -0.2) is 13.3 Å². The molecular weight excluding hydrogens is 388 g/mol. The second kappa shape index (κ2) is 7.53. The largest absolute Gasteiger partial charge is 0.495 e. The lowest BCUT2D eigenvalue weighted by Crippen LogP contribution is -2.20. The first-order valence-corrected chi connectivity index (χ1v) is 8.11. The summed E-state index contributed by atoms with van der Waals surface area (Å²) in [6, 6.07) is 6.05. The first kappa shape index (κ1) is 17.4. The van der Waals surface area contributed by atoms with Crippen LogP contribution >= 0.6 is 15.9 Å². The summed E-state index contributed by atoms with van der Waals surface area (Å²) in [5, 5.41) is 0. The van der Waals surface area contributed by atoms with Gasteiger partial charge in [0.25, 0.3) is 11.3 Å². The Kier molecular flexibility index (Phi) is 5.69. The fourth-order valence-electron chi connectivity index (χ4n) is 1.92. The molecule has 1 N–H and O–H groups in total. The van der Waals surface area contributed by atoms with Crippen molar-refractivity contribution in [2.75, 3.05) is 18.5 Å². The predicted molar refractivity (Wildman–Crippen MR) is 89.2 cm³/mol. The predicted octanol–water partition coefficient (Wildman–Crippen LogP) is 2.91. The van der Waals surface area contributed by atoms with Crippen molar-refractivity contribution < 1.29 is 23.0 Å². The second-order valence-corrected chi connectivity index (χ2v) is 6.01. The summed E-state index contributed by atoms with van der Waals surface area (Å²) in [4.78, 5) is 15.6. The number of benzene rings is 1. The number of ether oxygens (including phenoxy) is 2. The van der Waals surface area contributed by atoms with Gasteiger partial charge in [-0.15, -0.1) is 0 Å². The lowest BCUT2D eigenvalue weighted by atomic mass is 10.2. The van der Waals surface area contributed by atoms with Gasteiger partial charge >= 0.3 is 5.97 Å². The average molecular weight is 401 g/mol. The van der Waals surface area contributed by atoms with Crippen LogP contribution in [0.25, 0.3) is 0 Å². The maximum Gasteiger partial charge on any atom is 0.337 e. The lowest BCUT2D eigenvalue weighted by molar-refractivity contribution is 0.0600. The zero-order valence-electron chi connectivity index (χ0n) is 12.2. The first-order valence-electron chi connectivity index (χ1n) is 6.26. The van der Waals surface area contributed by atoms with Gasteiger partial charge < -0.3 is 9.47 Å². The molecule has 1 atom stereocenters. The first-order chi connectivity index (χ1) is 11.0. The van der Waals surface area contributed by atoms with E-state index in [4.69, 9.17) is 4.74 Å². The number of anilines is 2. The van der Waals surface area contributed by atoms with Gasteiger partial charge in [0.05, 0.1) is 37.4 Å². The van der Waals surface area contributed by atoms with Crippen LogP contribution in [0.15, 0.2) is 41.1 Å². The van der Waals surface area contributed by atoms with Gasteiger partial charge in [-0.2, -0.15) is 0 Å². The van der Waals surface area contributed by atoms with E-state index in [1.54, 1.807) is 12.3 Å². The molecule has 1 aromatic carbocycles. The van der Waals surface area contributed by atoms with Gasteiger partial charge in [0.1, 0.15) is 5.75 Å². The van der Waals surface area contributed by atoms with Crippen molar-refractivity contribution in [1.82, 2.24) is 4.98 Å². The van der Waals surface area contributed by atoms with Gasteiger partial charge in [0.15, 0.2) is 0 Å². The number of halogens is 1. The number of rotatable bonds is 5. The number of hydrogen-bond acceptors (Lipinski definition) is 5. The van der Waals surface area contributed by atoms with Gasteiger partial charge in [-0.05, 0) is 40.2 Å². The van der Waals surface area contributed by atoms with Crippen LogP contribution in [0.2, 0.25) is 0 Å². The molecule has 0 fully saturated rings. The maximum atomic E-state index is 11.8. The molecule has 0 saturated heterocycles. The summed E-state index contributed by atoms with van der Waals surface area (Å²) in [6.07, 6.45) is 2.99.